The summed E-state index contributed by atoms with van der Waals surface area (Å²) in [6.45, 7) is 5.48. The number of carboxylic acid groups (broad SMARTS) is 1. The summed E-state index contributed by atoms with van der Waals surface area (Å²) in [5, 5.41) is 11.3. The highest BCUT2D eigenvalue weighted by molar-refractivity contribution is 5.83. The number of carbonyl (C=O) groups excluding carboxylic acids is 1. The number of nitrogens with one attached hydrogen (secondary N) is 1. The molecular weight excluding hydrogens is 182 g/mol. The molecule has 0 aliphatic rings. The van der Waals surface area contributed by atoms with Crippen LogP contribution in [0, 0.1) is 0 Å². The predicted octanol–water partition coefficient (Wildman–Crippen LogP) is 1.32. The summed E-state index contributed by atoms with van der Waals surface area (Å²) >= 11 is 0. The first-order chi connectivity index (χ1) is 6.63. The van der Waals surface area contributed by atoms with E-state index in [2.05, 4.69) is 11.9 Å². The third-order valence-electron chi connectivity index (χ3n) is 2.22. The van der Waals surface area contributed by atoms with Gasteiger partial charge in [-0.05, 0) is 6.42 Å². The number of carbonyl (C=O) groups is 2. The number of hydrogen-bond donors (Lipinski definition) is 2. The van der Waals surface area contributed by atoms with Gasteiger partial charge in [-0.3, -0.25) is 4.79 Å². The van der Waals surface area contributed by atoms with Crippen LogP contribution >= 0.6 is 0 Å². The lowest BCUT2D eigenvalue weighted by atomic mass is 9.92. The largest absolute Gasteiger partial charge is 0.479 e. The number of rotatable bonds is 8. The van der Waals surface area contributed by atoms with Crippen LogP contribution in [-0.2, 0) is 9.59 Å². The summed E-state index contributed by atoms with van der Waals surface area (Å²) < 4.78 is 0. The van der Waals surface area contributed by atoms with E-state index in [0.29, 0.717) is 12.8 Å². The standard InChI is InChI=1S/C10H17NO3/c1-3-5-6-7-10(4-2,9(13)14)11-8-12/h4,8H,2-3,5-7H2,1H3,(H,11,12)(H,13,14). The van der Waals surface area contributed by atoms with Gasteiger partial charge < -0.3 is 10.4 Å². The molecule has 4 heteroatoms. The minimum absolute atomic E-state index is 0.387. The van der Waals surface area contributed by atoms with E-state index in [9.17, 15) is 9.59 Å². The Labute approximate surface area is 84.0 Å². The summed E-state index contributed by atoms with van der Waals surface area (Å²) in [7, 11) is 0. The molecule has 0 aliphatic carbocycles. The number of amides is 1. The number of aliphatic carboxylic acids is 1. The minimum atomic E-state index is -1.29. The Kier molecular flexibility index (Phi) is 5.60. The summed E-state index contributed by atoms with van der Waals surface area (Å²) in [6, 6.07) is 0. The van der Waals surface area contributed by atoms with Crippen molar-refractivity contribution in [3.8, 4) is 0 Å². The molecular formula is C10H17NO3. The van der Waals surface area contributed by atoms with Crippen LogP contribution < -0.4 is 5.32 Å². The second-order valence-electron chi connectivity index (χ2n) is 3.20. The van der Waals surface area contributed by atoms with Crippen LogP contribution in [-0.4, -0.2) is 23.0 Å². The fourth-order valence-corrected chi connectivity index (χ4v) is 1.25. The number of unbranched alkanes of at least 4 members (excludes halogenated alkanes) is 2. The molecule has 0 saturated carbocycles. The zero-order valence-corrected chi connectivity index (χ0v) is 8.45. The maximum atomic E-state index is 10.9. The van der Waals surface area contributed by atoms with Crippen LogP contribution in [0.15, 0.2) is 12.7 Å². The van der Waals surface area contributed by atoms with E-state index in [1.807, 2.05) is 6.92 Å². The van der Waals surface area contributed by atoms with Crippen molar-refractivity contribution >= 4 is 12.4 Å². The zero-order valence-electron chi connectivity index (χ0n) is 8.45. The van der Waals surface area contributed by atoms with Gasteiger partial charge >= 0.3 is 5.97 Å². The predicted molar refractivity (Wildman–Crippen MR) is 53.9 cm³/mol. The van der Waals surface area contributed by atoms with Crippen LogP contribution in [0.5, 0.6) is 0 Å². The van der Waals surface area contributed by atoms with E-state index in [0.717, 1.165) is 19.3 Å². The Morgan fingerprint density at radius 3 is 2.57 bits per heavy atom. The molecule has 0 rings (SSSR count). The lowest BCUT2D eigenvalue weighted by Crippen LogP contribution is -2.49. The number of hydrogen-bond acceptors (Lipinski definition) is 2. The van der Waals surface area contributed by atoms with Gasteiger partial charge in [-0.1, -0.05) is 32.3 Å². The van der Waals surface area contributed by atoms with Gasteiger partial charge in [-0.2, -0.15) is 0 Å². The second-order valence-corrected chi connectivity index (χ2v) is 3.20. The van der Waals surface area contributed by atoms with Crippen LogP contribution in [0.2, 0.25) is 0 Å². The Morgan fingerprint density at radius 1 is 1.57 bits per heavy atom. The summed E-state index contributed by atoms with van der Waals surface area (Å²) in [5.41, 5.74) is -1.29. The molecule has 14 heavy (non-hydrogen) atoms. The zero-order chi connectivity index (χ0) is 11.0. The van der Waals surface area contributed by atoms with Gasteiger partial charge in [0.2, 0.25) is 6.41 Å². The molecule has 1 atom stereocenters. The molecule has 0 heterocycles. The Bertz CT molecular complexity index is 215. The molecule has 0 aromatic carbocycles. The van der Waals surface area contributed by atoms with Gasteiger partial charge in [0.1, 0.15) is 0 Å². The van der Waals surface area contributed by atoms with Gasteiger partial charge in [0.25, 0.3) is 0 Å². The van der Waals surface area contributed by atoms with Crippen molar-refractivity contribution in [2.24, 2.45) is 0 Å². The highest BCUT2D eigenvalue weighted by atomic mass is 16.4. The van der Waals surface area contributed by atoms with Crippen molar-refractivity contribution in [2.45, 2.75) is 38.1 Å². The molecule has 0 aromatic heterocycles. The normalized spacial score (nSPS) is 14.1. The van der Waals surface area contributed by atoms with E-state index >= 15 is 0 Å². The molecule has 0 radical (unpaired) electrons. The van der Waals surface area contributed by atoms with Gasteiger partial charge in [0.05, 0.1) is 0 Å². The van der Waals surface area contributed by atoms with Crippen LogP contribution in [0.3, 0.4) is 0 Å². The lowest BCUT2D eigenvalue weighted by Gasteiger charge is -2.24. The van der Waals surface area contributed by atoms with E-state index < -0.39 is 11.5 Å². The van der Waals surface area contributed by atoms with Crippen LogP contribution in [0.25, 0.3) is 0 Å². The maximum absolute atomic E-state index is 10.9. The minimum Gasteiger partial charge on any atom is -0.479 e. The highest BCUT2D eigenvalue weighted by Crippen LogP contribution is 2.16. The molecule has 0 saturated heterocycles. The van der Waals surface area contributed by atoms with Crippen molar-refractivity contribution in [3.63, 3.8) is 0 Å². The van der Waals surface area contributed by atoms with Gasteiger partial charge in [-0.15, -0.1) is 6.58 Å². The molecule has 0 bridgehead atoms. The first-order valence-corrected chi connectivity index (χ1v) is 4.71. The second kappa shape index (κ2) is 6.18. The van der Waals surface area contributed by atoms with Gasteiger partial charge in [0, 0.05) is 0 Å². The SMILES string of the molecule is C=CC(CCCCC)(NC=O)C(=O)O. The third-order valence-corrected chi connectivity index (χ3v) is 2.22. The van der Waals surface area contributed by atoms with Crippen molar-refractivity contribution in [1.29, 1.82) is 0 Å². The van der Waals surface area contributed by atoms with E-state index in [-0.39, 0.29) is 0 Å². The average Bonchev–Trinajstić information content (AvgIpc) is 2.16. The van der Waals surface area contributed by atoms with Crippen molar-refractivity contribution in [2.75, 3.05) is 0 Å². The van der Waals surface area contributed by atoms with Crippen molar-refractivity contribution in [1.82, 2.24) is 5.32 Å². The van der Waals surface area contributed by atoms with Gasteiger partial charge in [-0.25, -0.2) is 4.79 Å². The van der Waals surface area contributed by atoms with E-state index in [1.165, 1.54) is 6.08 Å². The smallest absolute Gasteiger partial charge is 0.333 e. The molecule has 80 valence electrons. The Hall–Kier alpha value is -1.32. The third kappa shape index (κ3) is 3.20. The van der Waals surface area contributed by atoms with Crippen LogP contribution in [0.4, 0.5) is 0 Å². The van der Waals surface area contributed by atoms with Crippen molar-refractivity contribution < 1.29 is 14.7 Å². The van der Waals surface area contributed by atoms with Crippen molar-refractivity contribution in [3.05, 3.63) is 12.7 Å². The first kappa shape index (κ1) is 12.7. The molecule has 0 spiro atoms. The molecule has 1 unspecified atom stereocenters. The Morgan fingerprint density at radius 2 is 2.21 bits per heavy atom. The fraction of sp³-hybridized carbons (Fsp3) is 0.600. The fourth-order valence-electron chi connectivity index (χ4n) is 1.25. The summed E-state index contributed by atoms with van der Waals surface area (Å²) in [5.74, 6) is -1.06. The average molecular weight is 199 g/mol. The Balaban J connectivity index is 4.41. The first-order valence-electron chi connectivity index (χ1n) is 4.71. The molecule has 0 fully saturated rings. The highest BCUT2D eigenvalue weighted by Gasteiger charge is 2.33. The molecule has 1 amide bonds. The topological polar surface area (TPSA) is 66.4 Å². The van der Waals surface area contributed by atoms with Crippen LogP contribution in [0.1, 0.15) is 32.6 Å². The van der Waals surface area contributed by atoms with E-state index in [1.54, 1.807) is 0 Å². The molecule has 4 nitrogen and oxygen atoms in total. The maximum Gasteiger partial charge on any atom is 0.333 e. The van der Waals surface area contributed by atoms with Gasteiger partial charge in [0.15, 0.2) is 5.54 Å². The monoisotopic (exact) mass is 199 g/mol. The molecule has 2 N–H and O–H groups in total. The summed E-state index contributed by atoms with van der Waals surface area (Å²) in [6.07, 6.45) is 4.78. The summed E-state index contributed by atoms with van der Waals surface area (Å²) in [4.78, 5) is 21.2. The number of carboxylic acids is 1. The lowest BCUT2D eigenvalue weighted by molar-refractivity contribution is -0.144. The van der Waals surface area contributed by atoms with E-state index in [4.69, 9.17) is 5.11 Å². The quantitative estimate of drug-likeness (QED) is 0.352. The molecule has 0 aromatic rings. The molecule has 0 aliphatic heterocycles.